The Morgan fingerprint density at radius 3 is 2.72 bits per heavy atom. The fourth-order valence-electron chi connectivity index (χ4n) is 3.74. The second-order valence-electron chi connectivity index (χ2n) is 7.39. The van der Waals surface area contributed by atoms with E-state index in [2.05, 4.69) is 28.9 Å². The highest BCUT2D eigenvalue weighted by molar-refractivity contribution is 5.86. The SMILES string of the molecule is CCc1ccc(CN2C[C@@H]3CC[C@H](C2)N(CC(=O)N(C)C)C3=O)nc1. The van der Waals surface area contributed by atoms with Crippen molar-refractivity contribution in [2.45, 2.75) is 38.8 Å². The van der Waals surface area contributed by atoms with Crippen LogP contribution in [0, 0.1) is 5.92 Å². The van der Waals surface area contributed by atoms with Crippen LogP contribution in [0.5, 0.6) is 0 Å². The van der Waals surface area contributed by atoms with Gasteiger partial charge in [0.25, 0.3) is 0 Å². The fraction of sp³-hybridized carbons (Fsp3) is 0.632. The summed E-state index contributed by atoms with van der Waals surface area (Å²) in [7, 11) is 3.47. The van der Waals surface area contributed by atoms with E-state index in [-0.39, 0.29) is 30.3 Å². The Hall–Kier alpha value is -1.95. The van der Waals surface area contributed by atoms with Crippen LogP contribution in [0.4, 0.5) is 0 Å². The molecule has 2 bridgehead atoms. The Labute approximate surface area is 149 Å². The lowest BCUT2D eigenvalue weighted by molar-refractivity contribution is -0.145. The first-order valence-electron chi connectivity index (χ1n) is 9.14. The minimum Gasteiger partial charge on any atom is -0.347 e. The number of piperidine rings is 1. The van der Waals surface area contributed by atoms with E-state index in [0.717, 1.165) is 44.6 Å². The molecule has 4 heterocycles. The average Bonchev–Trinajstić information content (AvgIpc) is 2.87. The number of carbonyl (C=O) groups is 2. The van der Waals surface area contributed by atoms with Gasteiger partial charge in [-0.25, -0.2) is 0 Å². The van der Waals surface area contributed by atoms with Crippen molar-refractivity contribution < 1.29 is 9.59 Å². The summed E-state index contributed by atoms with van der Waals surface area (Å²) in [5.41, 5.74) is 2.28. The Morgan fingerprint density at radius 2 is 2.08 bits per heavy atom. The number of hydrogen-bond acceptors (Lipinski definition) is 4. The van der Waals surface area contributed by atoms with E-state index in [0.29, 0.717) is 0 Å². The smallest absolute Gasteiger partial charge is 0.241 e. The van der Waals surface area contributed by atoms with Crippen molar-refractivity contribution in [3.8, 4) is 0 Å². The molecule has 3 saturated heterocycles. The van der Waals surface area contributed by atoms with Gasteiger partial charge < -0.3 is 9.80 Å². The standard InChI is InChI=1S/C19H28N4O2/c1-4-14-5-7-16(20-9-14)11-22-10-15-6-8-17(12-22)23(19(15)25)13-18(24)21(2)3/h5,7,9,15,17H,4,6,8,10-13H2,1-3H3/t15-,17+/m0/s1. The molecular formula is C19H28N4O2. The van der Waals surface area contributed by atoms with E-state index in [9.17, 15) is 9.59 Å². The lowest BCUT2D eigenvalue weighted by Gasteiger charge is -2.36. The monoisotopic (exact) mass is 344 g/mol. The largest absolute Gasteiger partial charge is 0.347 e. The fourth-order valence-corrected chi connectivity index (χ4v) is 3.74. The van der Waals surface area contributed by atoms with Crippen LogP contribution in [0.2, 0.25) is 0 Å². The molecule has 6 heteroatoms. The average molecular weight is 344 g/mol. The van der Waals surface area contributed by atoms with Gasteiger partial charge in [-0.3, -0.25) is 19.5 Å². The quantitative estimate of drug-likeness (QED) is 0.804. The number of carbonyl (C=O) groups excluding carboxylic acids is 2. The molecule has 1 aromatic heterocycles. The number of aryl methyl sites for hydroxylation is 1. The van der Waals surface area contributed by atoms with Crippen LogP contribution in [0.1, 0.15) is 31.0 Å². The third-order valence-electron chi connectivity index (χ3n) is 5.35. The van der Waals surface area contributed by atoms with Crippen LogP contribution in [0.3, 0.4) is 0 Å². The number of likely N-dealkylation sites (N-methyl/N-ethyl adjacent to an activating group) is 1. The van der Waals surface area contributed by atoms with Crippen LogP contribution < -0.4 is 0 Å². The van der Waals surface area contributed by atoms with E-state index in [1.807, 2.05) is 11.1 Å². The number of fused-ring (bicyclic) bond motifs is 4. The van der Waals surface area contributed by atoms with Crippen LogP contribution in [0.15, 0.2) is 18.3 Å². The maximum atomic E-state index is 12.8. The summed E-state index contributed by atoms with van der Waals surface area (Å²) in [4.78, 5) is 35.1. The van der Waals surface area contributed by atoms with Crippen LogP contribution in [0.25, 0.3) is 0 Å². The number of amides is 2. The topological polar surface area (TPSA) is 56.8 Å². The predicted octanol–water partition coefficient (Wildman–Crippen LogP) is 1.16. The number of nitrogens with zero attached hydrogens (tertiary/aromatic N) is 4. The molecule has 0 aromatic carbocycles. The molecule has 1 aromatic rings. The van der Waals surface area contributed by atoms with E-state index in [1.165, 1.54) is 5.56 Å². The maximum absolute atomic E-state index is 12.8. The second kappa shape index (κ2) is 7.52. The molecular weight excluding hydrogens is 316 g/mol. The summed E-state index contributed by atoms with van der Waals surface area (Å²) in [5.74, 6) is 0.135. The van der Waals surface area contributed by atoms with Crippen molar-refractivity contribution in [3.05, 3.63) is 29.6 Å². The highest BCUT2D eigenvalue weighted by Gasteiger charge is 2.41. The van der Waals surface area contributed by atoms with Crippen molar-refractivity contribution in [3.63, 3.8) is 0 Å². The minimum absolute atomic E-state index is 0.00336. The van der Waals surface area contributed by atoms with E-state index >= 15 is 0 Å². The molecule has 2 amide bonds. The highest BCUT2D eigenvalue weighted by atomic mass is 16.2. The second-order valence-corrected chi connectivity index (χ2v) is 7.39. The number of hydrogen-bond donors (Lipinski definition) is 0. The van der Waals surface area contributed by atoms with Gasteiger partial charge in [0.05, 0.1) is 11.6 Å². The summed E-state index contributed by atoms with van der Waals surface area (Å²) in [6, 6.07) is 4.34. The zero-order valence-corrected chi connectivity index (χ0v) is 15.4. The van der Waals surface area contributed by atoms with Gasteiger partial charge in [-0.05, 0) is 30.9 Å². The molecule has 4 rings (SSSR count). The van der Waals surface area contributed by atoms with E-state index < -0.39 is 0 Å². The molecule has 0 unspecified atom stereocenters. The molecule has 0 aliphatic carbocycles. The Morgan fingerprint density at radius 1 is 1.28 bits per heavy atom. The van der Waals surface area contributed by atoms with Crippen molar-refractivity contribution in [2.75, 3.05) is 33.7 Å². The molecule has 3 aliphatic rings. The van der Waals surface area contributed by atoms with Crippen LogP contribution in [-0.2, 0) is 22.6 Å². The van der Waals surface area contributed by atoms with Gasteiger partial charge in [0, 0.05) is 46.0 Å². The summed E-state index contributed by atoms with van der Waals surface area (Å²) < 4.78 is 0. The molecule has 3 fully saturated rings. The lowest BCUT2D eigenvalue weighted by atomic mass is 9.94. The third-order valence-corrected chi connectivity index (χ3v) is 5.35. The molecule has 3 aliphatic heterocycles. The van der Waals surface area contributed by atoms with Crippen molar-refractivity contribution >= 4 is 11.8 Å². The Kier molecular flexibility index (Phi) is 5.37. The summed E-state index contributed by atoms with van der Waals surface area (Å²) in [6.45, 7) is 4.67. The number of pyridine rings is 1. The normalized spacial score (nSPS) is 23.6. The van der Waals surface area contributed by atoms with Gasteiger partial charge in [0.15, 0.2) is 0 Å². The number of aromatic nitrogens is 1. The predicted molar refractivity (Wildman–Crippen MR) is 95.8 cm³/mol. The molecule has 136 valence electrons. The molecule has 25 heavy (non-hydrogen) atoms. The van der Waals surface area contributed by atoms with Crippen molar-refractivity contribution in [1.82, 2.24) is 19.7 Å². The summed E-state index contributed by atoms with van der Waals surface area (Å²) in [5, 5.41) is 0. The molecule has 6 nitrogen and oxygen atoms in total. The zero-order valence-electron chi connectivity index (χ0n) is 15.4. The molecule has 0 spiro atoms. The van der Waals surface area contributed by atoms with Gasteiger partial charge >= 0.3 is 0 Å². The van der Waals surface area contributed by atoms with Gasteiger partial charge in [-0.15, -0.1) is 0 Å². The minimum atomic E-state index is -0.00993. The van der Waals surface area contributed by atoms with Crippen molar-refractivity contribution in [1.29, 1.82) is 0 Å². The first-order valence-corrected chi connectivity index (χ1v) is 9.14. The van der Waals surface area contributed by atoms with Crippen molar-refractivity contribution in [2.24, 2.45) is 5.92 Å². The summed E-state index contributed by atoms with van der Waals surface area (Å²) >= 11 is 0. The Balaban J connectivity index is 1.69. The molecule has 0 N–H and O–H groups in total. The molecule has 2 atom stereocenters. The zero-order chi connectivity index (χ0) is 18.0. The highest BCUT2D eigenvalue weighted by Crippen LogP contribution is 2.29. The number of rotatable bonds is 5. The maximum Gasteiger partial charge on any atom is 0.241 e. The summed E-state index contributed by atoms with van der Waals surface area (Å²) in [6.07, 6.45) is 4.84. The van der Waals surface area contributed by atoms with E-state index in [4.69, 9.17) is 0 Å². The lowest BCUT2D eigenvalue weighted by Crippen LogP contribution is -2.51. The third kappa shape index (κ3) is 4.00. The first-order chi connectivity index (χ1) is 12.0. The van der Waals surface area contributed by atoms with Gasteiger partial charge in [0.2, 0.25) is 11.8 Å². The van der Waals surface area contributed by atoms with Gasteiger partial charge in [-0.1, -0.05) is 13.0 Å². The van der Waals surface area contributed by atoms with Crippen LogP contribution in [-0.4, -0.2) is 71.3 Å². The van der Waals surface area contributed by atoms with Crippen LogP contribution >= 0.6 is 0 Å². The van der Waals surface area contributed by atoms with E-state index in [1.54, 1.807) is 19.0 Å². The molecule has 0 radical (unpaired) electrons. The first kappa shape index (κ1) is 17.9. The Bertz CT molecular complexity index is 629. The van der Waals surface area contributed by atoms with Gasteiger partial charge in [-0.2, -0.15) is 0 Å². The molecule has 0 saturated carbocycles. The van der Waals surface area contributed by atoms with Gasteiger partial charge in [0.1, 0.15) is 6.54 Å².